The minimum atomic E-state index is -0.698. The molecule has 2 rings (SSSR count). The Morgan fingerprint density at radius 1 is 0.957 bits per heavy atom. The van der Waals surface area contributed by atoms with Crippen molar-refractivity contribution in [1.82, 2.24) is 0 Å². The summed E-state index contributed by atoms with van der Waals surface area (Å²) in [7, 11) is 0. The lowest BCUT2D eigenvalue weighted by atomic mass is 10.1. The molecule has 0 aliphatic carbocycles. The maximum absolute atomic E-state index is 11.0. The number of benzene rings is 2. The van der Waals surface area contributed by atoms with Gasteiger partial charge in [0.25, 0.3) is 11.4 Å². The van der Waals surface area contributed by atoms with Gasteiger partial charge in [0.1, 0.15) is 5.69 Å². The number of hydrogen-bond acceptors (Lipinski definition) is 7. The molecular weight excluding hydrogens is 306 g/mol. The van der Waals surface area contributed by atoms with Crippen LogP contribution < -0.4 is 5.32 Å². The maximum Gasteiger partial charge on any atom is 0.299 e. The molecule has 9 heteroatoms. The minimum absolute atomic E-state index is 0.170. The largest absolute Gasteiger partial charge is 0.504 e. The zero-order chi connectivity index (χ0) is 17.0. The van der Waals surface area contributed by atoms with Crippen LogP contribution in [0.25, 0.3) is 0 Å². The van der Waals surface area contributed by atoms with Gasteiger partial charge < -0.3 is 15.5 Å². The van der Waals surface area contributed by atoms with Gasteiger partial charge in [-0.05, 0) is 30.2 Å². The standard InChI is InChI=1S/C14H13N3O6/c18-13-4-1-9(7-14(13)19)5-6-15-11-3-2-10(16(20)21)8-12(11)17(22)23/h1-4,7-8,15,18-19H,5-6H2. The molecule has 23 heavy (non-hydrogen) atoms. The maximum atomic E-state index is 11.0. The van der Waals surface area contributed by atoms with Crippen LogP contribution in [-0.2, 0) is 6.42 Å². The van der Waals surface area contributed by atoms with Crippen molar-refractivity contribution in [2.45, 2.75) is 6.42 Å². The molecule has 0 bridgehead atoms. The molecule has 0 spiro atoms. The highest BCUT2D eigenvalue weighted by Crippen LogP contribution is 2.29. The SMILES string of the molecule is O=[N+]([O-])c1ccc(NCCc2ccc(O)c(O)c2)c([N+](=O)[O-])c1. The van der Waals surface area contributed by atoms with Gasteiger partial charge in [-0.15, -0.1) is 0 Å². The van der Waals surface area contributed by atoms with Crippen molar-refractivity contribution in [2.24, 2.45) is 0 Å². The highest BCUT2D eigenvalue weighted by Gasteiger charge is 2.19. The summed E-state index contributed by atoms with van der Waals surface area (Å²) in [6, 6.07) is 7.71. The van der Waals surface area contributed by atoms with E-state index in [1.54, 1.807) is 6.07 Å². The van der Waals surface area contributed by atoms with Gasteiger partial charge in [0.2, 0.25) is 0 Å². The molecule has 0 aromatic heterocycles. The van der Waals surface area contributed by atoms with E-state index in [1.165, 1.54) is 24.3 Å². The third kappa shape index (κ3) is 3.84. The molecule has 120 valence electrons. The van der Waals surface area contributed by atoms with Gasteiger partial charge in [0, 0.05) is 12.6 Å². The van der Waals surface area contributed by atoms with Crippen molar-refractivity contribution >= 4 is 17.1 Å². The molecule has 9 nitrogen and oxygen atoms in total. The van der Waals surface area contributed by atoms with Crippen LogP contribution in [0.15, 0.2) is 36.4 Å². The Morgan fingerprint density at radius 3 is 2.30 bits per heavy atom. The van der Waals surface area contributed by atoms with Crippen LogP contribution >= 0.6 is 0 Å². The second-order valence-electron chi connectivity index (χ2n) is 4.72. The number of aromatic hydroxyl groups is 2. The monoisotopic (exact) mass is 319 g/mol. The van der Waals surface area contributed by atoms with Crippen molar-refractivity contribution in [3.63, 3.8) is 0 Å². The summed E-state index contributed by atoms with van der Waals surface area (Å²) in [4.78, 5) is 20.3. The smallest absolute Gasteiger partial charge is 0.299 e. The molecule has 0 aliphatic rings. The number of anilines is 1. The number of non-ortho nitro benzene ring substituents is 1. The topological polar surface area (TPSA) is 139 Å². The second kappa shape index (κ2) is 6.60. The average molecular weight is 319 g/mol. The van der Waals surface area contributed by atoms with Crippen LogP contribution in [0.5, 0.6) is 11.5 Å². The van der Waals surface area contributed by atoms with Crippen LogP contribution in [0.1, 0.15) is 5.56 Å². The predicted molar refractivity (Wildman–Crippen MR) is 81.7 cm³/mol. The zero-order valence-electron chi connectivity index (χ0n) is 11.8. The summed E-state index contributed by atoms with van der Waals surface area (Å²) < 4.78 is 0. The Kier molecular flexibility index (Phi) is 4.60. The normalized spacial score (nSPS) is 10.3. The van der Waals surface area contributed by atoms with Crippen molar-refractivity contribution in [1.29, 1.82) is 0 Å². The van der Waals surface area contributed by atoms with E-state index in [9.17, 15) is 30.4 Å². The van der Waals surface area contributed by atoms with Gasteiger partial charge in [0.15, 0.2) is 11.5 Å². The fourth-order valence-electron chi connectivity index (χ4n) is 2.00. The molecule has 2 aromatic carbocycles. The van der Waals surface area contributed by atoms with Crippen LogP contribution in [0.2, 0.25) is 0 Å². The first kappa shape index (κ1) is 16.0. The quantitative estimate of drug-likeness (QED) is 0.422. The van der Waals surface area contributed by atoms with E-state index in [4.69, 9.17) is 0 Å². The second-order valence-corrected chi connectivity index (χ2v) is 4.72. The minimum Gasteiger partial charge on any atom is -0.504 e. The van der Waals surface area contributed by atoms with Gasteiger partial charge in [-0.1, -0.05) is 6.07 Å². The Bertz CT molecular complexity index is 762. The summed E-state index contributed by atoms with van der Waals surface area (Å²) in [6.07, 6.45) is 0.433. The van der Waals surface area contributed by atoms with Crippen LogP contribution in [-0.4, -0.2) is 26.6 Å². The first-order valence-electron chi connectivity index (χ1n) is 6.56. The molecule has 0 saturated heterocycles. The fraction of sp³-hybridized carbons (Fsp3) is 0.143. The number of hydrogen-bond donors (Lipinski definition) is 3. The number of phenolic OH excluding ortho intramolecular Hbond substituents is 2. The fourth-order valence-corrected chi connectivity index (χ4v) is 2.00. The van der Waals surface area contributed by atoms with Crippen molar-refractivity contribution in [3.8, 4) is 11.5 Å². The van der Waals surface area contributed by atoms with E-state index in [0.29, 0.717) is 13.0 Å². The van der Waals surface area contributed by atoms with Crippen molar-refractivity contribution < 1.29 is 20.1 Å². The molecule has 0 heterocycles. The molecule has 2 aromatic rings. The lowest BCUT2D eigenvalue weighted by Crippen LogP contribution is -2.07. The third-order valence-corrected chi connectivity index (χ3v) is 3.16. The van der Waals surface area contributed by atoms with E-state index >= 15 is 0 Å². The lowest BCUT2D eigenvalue weighted by molar-refractivity contribution is -0.393. The molecule has 3 N–H and O–H groups in total. The highest BCUT2D eigenvalue weighted by molar-refractivity contribution is 5.65. The van der Waals surface area contributed by atoms with Gasteiger partial charge in [-0.2, -0.15) is 0 Å². The first-order chi connectivity index (χ1) is 10.9. The van der Waals surface area contributed by atoms with E-state index < -0.39 is 9.85 Å². The molecule has 0 unspecified atom stereocenters. The van der Waals surface area contributed by atoms with Crippen molar-refractivity contribution in [2.75, 3.05) is 11.9 Å². The van der Waals surface area contributed by atoms with E-state index in [2.05, 4.69) is 5.32 Å². The number of phenols is 2. The molecular formula is C14H13N3O6. The molecule has 0 fully saturated rings. The first-order valence-corrected chi connectivity index (χ1v) is 6.56. The van der Waals surface area contributed by atoms with Crippen LogP contribution in [0.4, 0.5) is 17.1 Å². The number of nitrogens with one attached hydrogen (secondary N) is 1. The Labute approximate surface area is 130 Å². The summed E-state index contributed by atoms with van der Waals surface area (Å²) in [5.41, 5.74) is 0.152. The van der Waals surface area contributed by atoms with Gasteiger partial charge >= 0.3 is 0 Å². The predicted octanol–water partition coefficient (Wildman–Crippen LogP) is 2.57. The summed E-state index contributed by atoms with van der Waals surface area (Å²) >= 11 is 0. The summed E-state index contributed by atoms with van der Waals surface area (Å²) in [5, 5.41) is 43.1. The number of nitro benzene ring substituents is 2. The number of rotatable bonds is 6. The molecule has 0 aliphatic heterocycles. The van der Waals surface area contributed by atoms with E-state index in [1.807, 2.05) is 0 Å². The number of nitro groups is 2. The van der Waals surface area contributed by atoms with Gasteiger partial charge in [-0.25, -0.2) is 0 Å². The molecule has 0 atom stereocenters. The Morgan fingerprint density at radius 2 is 1.70 bits per heavy atom. The van der Waals surface area contributed by atoms with E-state index in [0.717, 1.165) is 11.6 Å². The number of nitrogens with zero attached hydrogens (tertiary/aromatic N) is 2. The Balaban J connectivity index is 2.09. The molecule has 0 saturated carbocycles. The average Bonchev–Trinajstić information content (AvgIpc) is 2.50. The van der Waals surface area contributed by atoms with Crippen LogP contribution in [0.3, 0.4) is 0 Å². The van der Waals surface area contributed by atoms with Crippen molar-refractivity contribution in [3.05, 3.63) is 62.2 Å². The highest BCUT2D eigenvalue weighted by atomic mass is 16.6. The molecule has 0 radical (unpaired) electrons. The van der Waals surface area contributed by atoms with Gasteiger partial charge in [0.05, 0.1) is 15.9 Å². The lowest BCUT2D eigenvalue weighted by Gasteiger charge is -2.08. The zero-order valence-corrected chi connectivity index (χ0v) is 11.8. The van der Waals surface area contributed by atoms with Crippen LogP contribution in [0, 0.1) is 20.2 Å². The summed E-state index contributed by atoms with van der Waals surface area (Å²) in [6.45, 7) is 0.308. The van der Waals surface area contributed by atoms with E-state index in [-0.39, 0.29) is 28.6 Å². The third-order valence-electron chi connectivity index (χ3n) is 3.16. The molecule has 0 amide bonds. The summed E-state index contributed by atoms with van der Waals surface area (Å²) in [5.74, 6) is -0.475. The van der Waals surface area contributed by atoms with Gasteiger partial charge in [-0.3, -0.25) is 20.2 Å². The Hall–Kier alpha value is -3.36.